The van der Waals surface area contributed by atoms with Crippen molar-refractivity contribution in [1.29, 1.82) is 0 Å². The molecule has 0 aliphatic rings. The van der Waals surface area contributed by atoms with E-state index >= 15 is 0 Å². The first-order valence-corrected chi connectivity index (χ1v) is 16.7. The Labute approximate surface area is 233 Å². The van der Waals surface area contributed by atoms with E-state index in [0.29, 0.717) is 6.61 Å². The summed E-state index contributed by atoms with van der Waals surface area (Å²) in [6, 6.07) is 16.8. The van der Waals surface area contributed by atoms with Gasteiger partial charge in [0.1, 0.15) is 12.4 Å². The molecular formula is C32H40O4SSi. The third-order valence-electron chi connectivity index (χ3n) is 7.14. The van der Waals surface area contributed by atoms with E-state index in [9.17, 15) is 4.79 Å². The van der Waals surface area contributed by atoms with Crippen LogP contribution in [-0.2, 0) is 16.1 Å². The molecule has 0 aliphatic carbocycles. The molecule has 1 heterocycles. The van der Waals surface area contributed by atoms with Crippen LogP contribution in [0.15, 0.2) is 48.5 Å². The van der Waals surface area contributed by atoms with Crippen LogP contribution >= 0.6 is 11.3 Å². The number of ether oxygens (including phenoxy) is 2. The summed E-state index contributed by atoms with van der Waals surface area (Å²) in [7, 11) is -0.508. The highest BCUT2D eigenvalue weighted by Crippen LogP contribution is 2.39. The predicted octanol–water partition coefficient (Wildman–Crippen LogP) is 8.66. The average molecular weight is 549 g/mol. The lowest BCUT2D eigenvalue weighted by molar-refractivity contribution is -0.140. The van der Waals surface area contributed by atoms with Gasteiger partial charge in [-0.3, -0.25) is 4.79 Å². The predicted molar refractivity (Wildman–Crippen MR) is 161 cm³/mol. The normalized spacial score (nSPS) is 12.3. The van der Waals surface area contributed by atoms with Crippen molar-refractivity contribution in [3.05, 3.63) is 70.1 Å². The molecule has 38 heavy (non-hydrogen) atoms. The summed E-state index contributed by atoms with van der Waals surface area (Å²) < 4.78 is 17.5. The highest BCUT2D eigenvalue weighted by atomic mass is 32.1. The molecule has 3 aromatic rings. The molecule has 0 aliphatic heterocycles. The lowest BCUT2D eigenvalue weighted by Crippen LogP contribution is -2.43. The van der Waals surface area contributed by atoms with E-state index in [-0.39, 0.29) is 23.3 Å². The lowest BCUT2D eigenvalue weighted by atomic mass is 9.94. The molecular weight excluding hydrogens is 509 g/mol. The molecule has 3 rings (SSSR count). The van der Waals surface area contributed by atoms with E-state index in [0.717, 1.165) is 21.3 Å². The first-order valence-electron chi connectivity index (χ1n) is 13.0. The highest BCUT2D eigenvalue weighted by Gasteiger charge is 2.39. The molecule has 0 spiro atoms. The summed E-state index contributed by atoms with van der Waals surface area (Å²) in [6.45, 7) is 17.9. The van der Waals surface area contributed by atoms with Crippen LogP contribution in [0.25, 0.3) is 11.1 Å². The van der Waals surface area contributed by atoms with Crippen molar-refractivity contribution in [3.8, 4) is 33.8 Å². The number of carbonyl (C=O) groups is 1. The van der Waals surface area contributed by atoms with Crippen LogP contribution in [0.1, 0.15) is 61.6 Å². The van der Waals surface area contributed by atoms with Gasteiger partial charge in [-0.15, -0.1) is 17.3 Å². The maximum Gasteiger partial charge on any atom is 0.307 e. The van der Waals surface area contributed by atoms with Gasteiger partial charge in [-0.1, -0.05) is 44.9 Å². The molecule has 2 aromatic carbocycles. The highest BCUT2D eigenvalue weighted by molar-refractivity contribution is 7.14. The third kappa shape index (κ3) is 7.30. The van der Waals surface area contributed by atoms with Crippen molar-refractivity contribution in [2.75, 3.05) is 7.11 Å². The van der Waals surface area contributed by atoms with Gasteiger partial charge in [-0.2, -0.15) is 0 Å². The average Bonchev–Trinajstić information content (AvgIpc) is 3.30. The van der Waals surface area contributed by atoms with Crippen LogP contribution in [0.3, 0.4) is 0 Å². The topological polar surface area (TPSA) is 44.8 Å². The van der Waals surface area contributed by atoms with Gasteiger partial charge in [0.15, 0.2) is 5.06 Å². The Hall–Kier alpha value is -3.01. The second-order valence-electron chi connectivity index (χ2n) is 11.2. The number of hydrogen-bond donors (Lipinski definition) is 0. The lowest BCUT2D eigenvalue weighted by Gasteiger charge is -2.36. The standard InChI is InChI=1S/C32H40O4SSi/c1-10-12-25(20-29(33)34-7)28-15-16-30(37-28)35-21-24-13-11-14-26(19-24)31-22(2)17-27(18-23(31)3)36-38(8,9)32(4,5)6/h11,13-19,25H,20-21H2,1-9H3. The van der Waals surface area contributed by atoms with Crippen molar-refractivity contribution in [2.24, 2.45) is 0 Å². The monoisotopic (exact) mass is 548 g/mol. The molecule has 202 valence electrons. The molecule has 0 bridgehead atoms. The molecule has 0 amide bonds. The Morgan fingerprint density at radius 1 is 1.05 bits per heavy atom. The van der Waals surface area contributed by atoms with Gasteiger partial charge >= 0.3 is 5.97 Å². The summed E-state index contributed by atoms with van der Waals surface area (Å²) in [5.41, 5.74) is 5.90. The van der Waals surface area contributed by atoms with Crippen LogP contribution in [-0.4, -0.2) is 21.4 Å². The Bertz CT molecular complexity index is 1310. The van der Waals surface area contributed by atoms with Crippen molar-refractivity contribution in [2.45, 2.75) is 78.6 Å². The number of aryl methyl sites for hydroxylation is 2. The van der Waals surface area contributed by atoms with E-state index < -0.39 is 8.32 Å². The number of rotatable bonds is 9. The molecule has 6 heteroatoms. The molecule has 1 atom stereocenters. The number of hydrogen-bond acceptors (Lipinski definition) is 5. The van der Waals surface area contributed by atoms with Crippen molar-refractivity contribution in [1.82, 2.24) is 0 Å². The summed E-state index contributed by atoms with van der Waals surface area (Å²) in [5.74, 6) is 6.53. The van der Waals surface area contributed by atoms with E-state index in [2.05, 4.69) is 96.0 Å². The van der Waals surface area contributed by atoms with Gasteiger partial charge in [0.25, 0.3) is 0 Å². The van der Waals surface area contributed by atoms with Gasteiger partial charge in [-0.05, 0) is 97.1 Å². The minimum Gasteiger partial charge on any atom is -0.543 e. The minimum atomic E-state index is -1.91. The van der Waals surface area contributed by atoms with Crippen LogP contribution in [0.5, 0.6) is 10.8 Å². The van der Waals surface area contributed by atoms with Crippen molar-refractivity contribution in [3.63, 3.8) is 0 Å². The fourth-order valence-corrected chi connectivity index (χ4v) is 6.02. The molecule has 4 nitrogen and oxygen atoms in total. The largest absolute Gasteiger partial charge is 0.543 e. The Morgan fingerprint density at radius 3 is 2.34 bits per heavy atom. The molecule has 1 unspecified atom stereocenters. The minimum absolute atomic E-state index is 0.150. The maximum atomic E-state index is 11.8. The van der Waals surface area contributed by atoms with Gasteiger partial charge in [0, 0.05) is 4.88 Å². The zero-order valence-corrected chi connectivity index (χ0v) is 26.0. The smallest absolute Gasteiger partial charge is 0.307 e. The van der Waals surface area contributed by atoms with Crippen LogP contribution in [0, 0.1) is 25.7 Å². The number of methoxy groups -OCH3 is 1. The van der Waals surface area contributed by atoms with E-state index in [1.165, 1.54) is 40.7 Å². The van der Waals surface area contributed by atoms with E-state index in [1.807, 2.05) is 12.1 Å². The third-order valence-corrected chi connectivity index (χ3v) is 12.6. The van der Waals surface area contributed by atoms with Crippen molar-refractivity contribution < 1.29 is 18.7 Å². The molecule has 0 N–H and O–H groups in total. The molecule has 0 saturated heterocycles. The van der Waals surface area contributed by atoms with Gasteiger partial charge < -0.3 is 13.9 Å². The van der Waals surface area contributed by atoms with Gasteiger partial charge in [0.05, 0.1) is 19.4 Å². The van der Waals surface area contributed by atoms with Crippen LogP contribution in [0.2, 0.25) is 18.1 Å². The first-order chi connectivity index (χ1) is 17.8. The van der Waals surface area contributed by atoms with E-state index in [1.54, 1.807) is 6.92 Å². The summed E-state index contributed by atoms with van der Waals surface area (Å²) >= 11 is 1.52. The number of esters is 1. The van der Waals surface area contributed by atoms with Gasteiger partial charge in [0.2, 0.25) is 8.32 Å². The second-order valence-corrected chi connectivity index (χ2v) is 17.0. The zero-order valence-electron chi connectivity index (χ0n) is 24.2. The van der Waals surface area contributed by atoms with Crippen LogP contribution in [0.4, 0.5) is 0 Å². The fraction of sp³-hybridized carbons (Fsp3) is 0.406. The SMILES string of the molecule is CC#CC(CC(=O)OC)c1ccc(OCc2cccc(-c3c(C)cc(O[Si](C)(C)C(C)(C)C)cc3C)c2)s1. The Kier molecular flexibility index (Phi) is 9.51. The Morgan fingerprint density at radius 2 is 1.74 bits per heavy atom. The number of carbonyl (C=O) groups excluding carboxylic acids is 1. The van der Waals surface area contributed by atoms with Crippen molar-refractivity contribution >= 4 is 25.6 Å². The quantitative estimate of drug-likeness (QED) is 0.152. The Balaban J connectivity index is 1.76. The second kappa shape index (κ2) is 12.2. The fourth-order valence-electron chi connectivity index (χ4n) is 4.10. The summed E-state index contributed by atoms with van der Waals surface area (Å²) in [5, 5.41) is 0.953. The molecule has 0 radical (unpaired) electrons. The summed E-state index contributed by atoms with van der Waals surface area (Å²) in [6.07, 6.45) is 0.234. The maximum absolute atomic E-state index is 11.8. The molecule has 0 fully saturated rings. The molecule has 1 aromatic heterocycles. The number of thiophene rings is 1. The van der Waals surface area contributed by atoms with Crippen LogP contribution < -0.4 is 9.16 Å². The van der Waals surface area contributed by atoms with E-state index in [4.69, 9.17) is 13.9 Å². The molecule has 0 saturated carbocycles. The first kappa shape index (κ1) is 29.5. The van der Waals surface area contributed by atoms with Gasteiger partial charge in [-0.25, -0.2) is 0 Å². The zero-order chi connectivity index (χ0) is 28.1. The number of benzene rings is 2. The summed E-state index contributed by atoms with van der Waals surface area (Å²) in [4.78, 5) is 12.8.